The maximum absolute atomic E-state index is 13.0. The van der Waals surface area contributed by atoms with Gasteiger partial charge in [0.15, 0.2) is 5.76 Å². The molecule has 1 saturated heterocycles. The number of amides is 1. The number of hydrogen-bond acceptors (Lipinski definition) is 7. The van der Waals surface area contributed by atoms with Crippen LogP contribution >= 0.6 is 0 Å². The Morgan fingerprint density at radius 3 is 2.50 bits per heavy atom. The Kier molecular flexibility index (Phi) is 8.16. The minimum atomic E-state index is -3.82. The third kappa shape index (κ3) is 6.00. The molecule has 2 aliphatic rings. The van der Waals surface area contributed by atoms with Crippen LogP contribution in [0.25, 0.3) is 0 Å². The Balaban J connectivity index is 1.63. The van der Waals surface area contributed by atoms with Crippen LogP contribution < -0.4 is 4.74 Å². The van der Waals surface area contributed by atoms with E-state index < -0.39 is 16.3 Å². The molecular weight excluding hydrogens is 436 g/mol. The number of nitrogens with zero attached hydrogens (tertiary/aromatic N) is 2. The normalized spacial score (nSPS) is 20.8. The SMILES string of the molecule is COc1ccc(S(=O)(=O)N(CCO)CCO[C@@H]2C[C@H](C(C)C)C=C(C(=O)N3CC3)O2)cc1. The molecule has 0 aromatic heterocycles. The highest BCUT2D eigenvalue weighted by Crippen LogP contribution is 2.30. The molecule has 2 aliphatic heterocycles. The summed E-state index contributed by atoms with van der Waals surface area (Å²) in [4.78, 5) is 14.2. The van der Waals surface area contributed by atoms with E-state index in [1.165, 1.54) is 23.5 Å². The van der Waals surface area contributed by atoms with Crippen LogP contribution in [0.15, 0.2) is 41.0 Å². The molecule has 1 aromatic rings. The van der Waals surface area contributed by atoms with E-state index in [1.54, 1.807) is 17.0 Å². The van der Waals surface area contributed by atoms with Gasteiger partial charge in [0.25, 0.3) is 5.91 Å². The molecule has 0 saturated carbocycles. The zero-order valence-corrected chi connectivity index (χ0v) is 19.6. The molecule has 1 N–H and O–H groups in total. The number of carbonyl (C=O) groups excluding carboxylic acids is 1. The van der Waals surface area contributed by atoms with Gasteiger partial charge in [-0.2, -0.15) is 4.31 Å². The van der Waals surface area contributed by atoms with Gasteiger partial charge in [-0.15, -0.1) is 0 Å². The summed E-state index contributed by atoms with van der Waals surface area (Å²) in [6.45, 7) is 5.35. The fourth-order valence-corrected chi connectivity index (χ4v) is 4.87. The monoisotopic (exact) mass is 468 g/mol. The fraction of sp³-hybridized carbons (Fsp3) is 0.591. The second kappa shape index (κ2) is 10.7. The van der Waals surface area contributed by atoms with Crippen molar-refractivity contribution >= 4 is 15.9 Å². The van der Waals surface area contributed by atoms with E-state index in [4.69, 9.17) is 14.2 Å². The van der Waals surface area contributed by atoms with Crippen molar-refractivity contribution in [2.24, 2.45) is 11.8 Å². The first-order valence-corrected chi connectivity index (χ1v) is 12.2. The van der Waals surface area contributed by atoms with Crippen molar-refractivity contribution < 1.29 is 32.5 Å². The van der Waals surface area contributed by atoms with Crippen molar-refractivity contribution in [2.45, 2.75) is 31.5 Å². The van der Waals surface area contributed by atoms with Crippen LogP contribution in [-0.2, 0) is 24.3 Å². The van der Waals surface area contributed by atoms with Gasteiger partial charge in [-0.05, 0) is 42.2 Å². The number of sulfonamides is 1. The minimum absolute atomic E-state index is 0.0419. The van der Waals surface area contributed by atoms with Gasteiger partial charge in [0.1, 0.15) is 5.75 Å². The molecule has 0 aliphatic carbocycles. The molecule has 1 amide bonds. The number of aliphatic hydroxyl groups excluding tert-OH is 1. The van der Waals surface area contributed by atoms with Gasteiger partial charge in [0.2, 0.25) is 16.3 Å². The number of aliphatic hydroxyl groups is 1. The molecule has 3 rings (SSSR count). The predicted molar refractivity (Wildman–Crippen MR) is 117 cm³/mol. The Morgan fingerprint density at radius 1 is 1.25 bits per heavy atom. The molecule has 178 valence electrons. The van der Waals surface area contributed by atoms with E-state index in [0.29, 0.717) is 23.8 Å². The molecule has 1 aromatic carbocycles. The van der Waals surface area contributed by atoms with Crippen molar-refractivity contribution in [1.29, 1.82) is 0 Å². The van der Waals surface area contributed by atoms with Gasteiger partial charge in [-0.1, -0.05) is 13.8 Å². The summed E-state index contributed by atoms with van der Waals surface area (Å²) in [7, 11) is -2.31. The molecule has 2 atom stereocenters. The smallest absolute Gasteiger partial charge is 0.288 e. The number of hydrogen-bond donors (Lipinski definition) is 1. The number of rotatable bonds is 11. The van der Waals surface area contributed by atoms with Crippen LogP contribution in [0.4, 0.5) is 0 Å². The number of carbonyl (C=O) groups is 1. The molecule has 0 unspecified atom stereocenters. The first kappa shape index (κ1) is 24.5. The van der Waals surface area contributed by atoms with Crippen molar-refractivity contribution in [3.05, 3.63) is 36.1 Å². The van der Waals surface area contributed by atoms with Gasteiger partial charge in [-0.3, -0.25) is 4.79 Å². The first-order chi connectivity index (χ1) is 15.3. The van der Waals surface area contributed by atoms with Gasteiger partial charge >= 0.3 is 0 Å². The largest absolute Gasteiger partial charge is 0.497 e. The topological polar surface area (TPSA) is 105 Å². The Hall–Kier alpha value is -2.14. The quantitative estimate of drug-likeness (QED) is 0.490. The molecule has 9 nitrogen and oxygen atoms in total. The number of methoxy groups -OCH3 is 1. The van der Waals surface area contributed by atoms with Gasteiger partial charge in [0, 0.05) is 32.6 Å². The first-order valence-electron chi connectivity index (χ1n) is 10.8. The second-order valence-corrected chi connectivity index (χ2v) is 10.1. The fourth-order valence-electron chi connectivity index (χ4n) is 3.46. The Morgan fingerprint density at radius 2 is 1.94 bits per heavy atom. The van der Waals surface area contributed by atoms with Crippen molar-refractivity contribution in [3.63, 3.8) is 0 Å². The maximum atomic E-state index is 13.0. The third-order valence-electron chi connectivity index (χ3n) is 5.58. The van der Waals surface area contributed by atoms with Crippen LogP contribution in [0.3, 0.4) is 0 Å². The van der Waals surface area contributed by atoms with E-state index in [2.05, 4.69) is 13.8 Å². The third-order valence-corrected chi connectivity index (χ3v) is 7.49. The van der Waals surface area contributed by atoms with E-state index in [1.807, 2.05) is 6.08 Å². The van der Waals surface area contributed by atoms with Crippen LogP contribution in [-0.4, -0.2) is 81.4 Å². The van der Waals surface area contributed by atoms with Crippen molar-refractivity contribution in [1.82, 2.24) is 9.21 Å². The lowest BCUT2D eigenvalue weighted by Gasteiger charge is -2.31. The Labute approximate surface area is 189 Å². The zero-order valence-electron chi connectivity index (χ0n) is 18.8. The predicted octanol–water partition coefficient (Wildman–Crippen LogP) is 1.44. The standard InChI is InChI=1S/C22H32N2O7S/c1-16(2)17-14-20(22(26)23-8-9-23)31-21(15-17)30-13-11-24(10-12-25)32(27,28)19-6-4-18(29-3)5-7-19/h4-7,14,16-17,21,25H,8-13,15H2,1-3H3/t17-,21+/m1/s1. The highest BCUT2D eigenvalue weighted by molar-refractivity contribution is 7.89. The highest BCUT2D eigenvalue weighted by Gasteiger charge is 2.35. The minimum Gasteiger partial charge on any atom is -0.497 e. The molecule has 0 bridgehead atoms. The van der Waals surface area contributed by atoms with E-state index in [9.17, 15) is 18.3 Å². The second-order valence-electron chi connectivity index (χ2n) is 8.19. The average molecular weight is 469 g/mol. The molecule has 0 spiro atoms. The summed E-state index contributed by atoms with van der Waals surface area (Å²) in [6, 6.07) is 6.08. The van der Waals surface area contributed by atoms with Crippen LogP contribution in [0.1, 0.15) is 20.3 Å². The number of benzene rings is 1. The van der Waals surface area contributed by atoms with E-state index in [-0.39, 0.29) is 43.0 Å². The van der Waals surface area contributed by atoms with Gasteiger partial charge < -0.3 is 24.2 Å². The summed E-state index contributed by atoms with van der Waals surface area (Å²) in [5.41, 5.74) is 0. The summed E-state index contributed by atoms with van der Waals surface area (Å²) in [5, 5.41) is 9.39. The van der Waals surface area contributed by atoms with E-state index in [0.717, 1.165) is 13.1 Å². The van der Waals surface area contributed by atoms with Crippen LogP contribution in [0.2, 0.25) is 0 Å². The molecule has 10 heteroatoms. The van der Waals surface area contributed by atoms with E-state index >= 15 is 0 Å². The molecule has 2 heterocycles. The summed E-state index contributed by atoms with van der Waals surface area (Å²) < 4.78 is 43.9. The highest BCUT2D eigenvalue weighted by atomic mass is 32.2. The number of ether oxygens (including phenoxy) is 3. The lowest BCUT2D eigenvalue weighted by atomic mass is 9.90. The summed E-state index contributed by atoms with van der Waals surface area (Å²) in [6.07, 6.45) is 1.82. The lowest BCUT2D eigenvalue weighted by molar-refractivity contribution is -0.153. The molecule has 32 heavy (non-hydrogen) atoms. The maximum Gasteiger partial charge on any atom is 0.288 e. The lowest BCUT2D eigenvalue weighted by Crippen LogP contribution is -2.38. The summed E-state index contributed by atoms with van der Waals surface area (Å²) in [5.74, 6) is 1.16. The van der Waals surface area contributed by atoms with Crippen LogP contribution in [0.5, 0.6) is 5.75 Å². The van der Waals surface area contributed by atoms with Gasteiger partial charge in [0.05, 0.1) is 25.2 Å². The molecule has 1 fully saturated rings. The summed E-state index contributed by atoms with van der Waals surface area (Å²) >= 11 is 0. The zero-order chi connectivity index (χ0) is 23.3. The van der Waals surface area contributed by atoms with Crippen molar-refractivity contribution in [2.75, 3.05) is 46.5 Å². The number of allylic oxidation sites excluding steroid dienone is 1. The van der Waals surface area contributed by atoms with Gasteiger partial charge in [-0.25, -0.2) is 8.42 Å². The Bertz CT molecular complexity index is 911. The van der Waals surface area contributed by atoms with Crippen molar-refractivity contribution in [3.8, 4) is 5.75 Å². The average Bonchev–Trinajstić information content (AvgIpc) is 3.63. The molecule has 0 radical (unpaired) electrons. The van der Waals surface area contributed by atoms with Crippen LogP contribution in [0, 0.1) is 11.8 Å². The molecular formula is C22H32N2O7S.